The number of aliphatic hydroxyl groups is 1. The summed E-state index contributed by atoms with van der Waals surface area (Å²) in [4.78, 5) is 26.4. The van der Waals surface area contributed by atoms with Crippen molar-refractivity contribution in [2.75, 3.05) is 13.1 Å². The van der Waals surface area contributed by atoms with Gasteiger partial charge in [-0.2, -0.15) is 0 Å². The van der Waals surface area contributed by atoms with Crippen molar-refractivity contribution < 1.29 is 14.7 Å². The molecule has 2 saturated carbocycles. The van der Waals surface area contributed by atoms with Gasteiger partial charge in [-0.3, -0.25) is 9.59 Å². The minimum atomic E-state index is -0.470. The number of carbonyl (C=O) groups excluding carboxylic acids is 2. The van der Waals surface area contributed by atoms with Crippen LogP contribution in [0, 0.1) is 29.1 Å². The maximum Gasteiger partial charge on any atom is 0.225 e. The fourth-order valence-corrected chi connectivity index (χ4v) is 6.17. The Labute approximate surface area is 157 Å². The van der Waals surface area contributed by atoms with E-state index in [4.69, 9.17) is 0 Å². The Morgan fingerprint density at radius 2 is 1.81 bits per heavy atom. The van der Waals surface area contributed by atoms with Crippen LogP contribution in [0.1, 0.15) is 66.2 Å². The number of nitrogens with one attached hydrogen (secondary N) is 1. The fraction of sp³-hybridized carbons (Fsp3) is 0.905. The van der Waals surface area contributed by atoms with Crippen LogP contribution in [0.5, 0.6) is 0 Å². The van der Waals surface area contributed by atoms with Gasteiger partial charge in [0.1, 0.15) is 0 Å². The van der Waals surface area contributed by atoms with E-state index in [1.165, 1.54) is 0 Å². The van der Waals surface area contributed by atoms with E-state index >= 15 is 0 Å². The van der Waals surface area contributed by atoms with Gasteiger partial charge in [-0.1, -0.05) is 20.8 Å². The molecule has 0 aromatic carbocycles. The van der Waals surface area contributed by atoms with Crippen LogP contribution in [0.4, 0.5) is 0 Å². The molecule has 0 unspecified atom stereocenters. The molecule has 3 rings (SSSR count). The highest BCUT2D eigenvalue weighted by Gasteiger charge is 2.54. The van der Waals surface area contributed by atoms with E-state index in [9.17, 15) is 14.7 Å². The summed E-state index contributed by atoms with van der Waals surface area (Å²) in [5.74, 6) is 0.493. The molecule has 1 heterocycles. The summed E-state index contributed by atoms with van der Waals surface area (Å²) in [5, 5.41) is 14.4. The van der Waals surface area contributed by atoms with Crippen LogP contribution in [0.3, 0.4) is 0 Å². The molecule has 0 aromatic heterocycles. The first-order valence-electron chi connectivity index (χ1n) is 10.5. The fourth-order valence-electron chi connectivity index (χ4n) is 6.17. The monoisotopic (exact) mass is 364 g/mol. The molecular weight excluding hydrogens is 328 g/mol. The minimum Gasteiger partial charge on any atom is -0.392 e. The molecule has 26 heavy (non-hydrogen) atoms. The Morgan fingerprint density at radius 3 is 2.42 bits per heavy atom. The average Bonchev–Trinajstić information content (AvgIpc) is 3.11. The van der Waals surface area contributed by atoms with E-state index in [-0.39, 0.29) is 46.9 Å². The van der Waals surface area contributed by atoms with Gasteiger partial charge in [-0.05, 0) is 61.7 Å². The first-order valence-corrected chi connectivity index (χ1v) is 10.5. The summed E-state index contributed by atoms with van der Waals surface area (Å²) < 4.78 is 0. The normalized spacial score (nSPS) is 41.4. The molecule has 3 aliphatic rings. The molecule has 2 N–H and O–H groups in total. The van der Waals surface area contributed by atoms with E-state index in [2.05, 4.69) is 19.2 Å². The Hall–Kier alpha value is -1.10. The smallest absolute Gasteiger partial charge is 0.225 e. The molecule has 2 amide bonds. The molecule has 1 aliphatic heterocycles. The molecule has 5 nitrogen and oxygen atoms in total. The van der Waals surface area contributed by atoms with Crippen molar-refractivity contribution in [2.45, 2.75) is 78.4 Å². The number of likely N-dealkylation sites (tertiary alicyclic amines) is 1. The van der Waals surface area contributed by atoms with Crippen LogP contribution < -0.4 is 5.32 Å². The highest BCUT2D eigenvalue weighted by molar-refractivity contribution is 5.79. The Morgan fingerprint density at radius 1 is 1.19 bits per heavy atom. The van der Waals surface area contributed by atoms with Crippen molar-refractivity contribution in [3.8, 4) is 0 Å². The van der Waals surface area contributed by atoms with E-state index in [1.54, 1.807) is 6.92 Å². The topological polar surface area (TPSA) is 69.6 Å². The second-order valence-corrected chi connectivity index (χ2v) is 9.40. The standard InChI is InChI=1S/C21H36N2O3/c1-13(20(26)23-11-5-6-12-23)16-7-9-21(4)10-8-17(22-15(3)24)14(2)18(21)19(16)25/h13-14,16-19,25H,5-12H2,1-4H3,(H,22,24)/t13-,14+,16-,17-,18+,19-,21-/m0/s1. The highest BCUT2D eigenvalue weighted by Crippen LogP contribution is 2.55. The van der Waals surface area contributed by atoms with Gasteiger partial charge in [-0.15, -0.1) is 0 Å². The molecule has 0 aromatic rings. The average molecular weight is 365 g/mol. The van der Waals surface area contributed by atoms with Gasteiger partial charge in [0.25, 0.3) is 0 Å². The lowest BCUT2D eigenvalue weighted by Crippen LogP contribution is -2.58. The Bertz CT molecular complexity index is 545. The second kappa shape index (κ2) is 7.49. The van der Waals surface area contributed by atoms with Gasteiger partial charge < -0.3 is 15.3 Å². The molecule has 0 bridgehead atoms. The van der Waals surface area contributed by atoms with E-state index in [1.807, 2.05) is 11.8 Å². The Balaban J connectivity index is 1.75. The van der Waals surface area contributed by atoms with Gasteiger partial charge in [0.2, 0.25) is 11.8 Å². The number of fused-ring (bicyclic) bond motifs is 1. The predicted octanol–water partition coefficient (Wildman–Crippen LogP) is 2.57. The van der Waals surface area contributed by atoms with Gasteiger partial charge >= 0.3 is 0 Å². The van der Waals surface area contributed by atoms with Gasteiger partial charge in [0, 0.05) is 32.0 Å². The second-order valence-electron chi connectivity index (χ2n) is 9.40. The molecule has 3 fully saturated rings. The quantitative estimate of drug-likeness (QED) is 0.809. The number of hydrogen-bond acceptors (Lipinski definition) is 3. The zero-order valence-corrected chi connectivity index (χ0v) is 16.8. The number of hydrogen-bond donors (Lipinski definition) is 2. The largest absolute Gasteiger partial charge is 0.392 e. The summed E-state index contributed by atoms with van der Waals surface area (Å²) in [5.41, 5.74) is 0.112. The first-order chi connectivity index (χ1) is 12.2. The third kappa shape index (κ3) is 3.51. The SMILES string of the molecule is CC(=O)N[C@H]1CC[C@]2(C)CC[C@@H]([C@H](C)C(=O)N3CCCC3)[C@H](O)[C@H]2[C@@H]1C. The van der Waals surface area contributed by atoms with E-state index in [0.29, 0.717) is 0 Å². The summed E-state index contributed by atoms with van der Waals surface area (Å²) in [6.45, 7) is 9.78. The zero-order chi connectivity index (χ0) is 19.1. The molecule has 1 saturated heterocycles. The van der Waals surface area contributed by atoms with Crippen LogP contribution in [-0.4, -0.2) is 47.1 Å². The zero-order valence-electron chi connectivity index (χ0n) is 16.8. The number of rotatable bonds is 3. The lowest BCUT2D eigenvalue weighted by Gasteiger charge is -2.56. The number of amides is 2. The maximum absolute atomic E-state index is 12.9. The molecular formula is C21H36N2O3. The van der Waals surface area contributed by atoms with Crippen molar-refractivity contribution in [1.29, 1.82) is 0 Å². The van der Waals surface area contributed by atoms with Gasteiger partial charge in [-0.25, -0.2) is 0 Å². The summed E-state index contributed by atoms with van der Waals surface area (Å²) in [6, 6.07) is 0.128. The van der Waals surface area contributed by atoms with Crippen LogP contribution >= 0.6 is 0 Å². The van der Waals surface area contributed by atoms with Gasteiger partial charge in [0.05, 0.1) is 6.10 Å². The van der Waals surface area contributed by atoms with Crippen LogP contribution in [0.25, 0.3) is 0 Å². The molecule has 148 valence electrons. The summed E-state index contributed by atoms with van der Waals surface area (Å²) in [7, 11) is 0. The summed E-state index contributed by atoms with van der Waals surface area (Å²) >= 11 is 0. The van der Waals surface area contributed by atoms with E-state index < -0.39 is 6.10 Å². The number of aliphatic hydroxyl groups excluding tert-OH is 1. The Kier molecular flexibility index (Phi) is 5.66. The maximum atomic E-state index is 12.9. The predicted molar refractivity (Wildman–Crippen MR) is 101 cm³/mol. The minimum absolute atomic E-state index is 0.00452. The molecule has 2 aliphatic carbocycles. The number of carbonyl (C=O) groups is 2. The third-order valence-corrected chi connectivity index (χ3v) is 7.73. The lowest BCUT2D eigenvalue weighted by molar-refractivity contribution is -0.150. The van der Waals surface area contributed by atoms with Crippen molar-refractivity contribution in [1.82, 2.24) is 10.2 Å². The van der Waals surface area contributed by atoms with Crippen LogP contribution in [0.2, 0.25) is 0 Å². The van der Waals surface area contributed by atoms with Crippen molar-refractivity contribution in [3.05, 3.63) is 0 Å². The molecule has 0 spiro atoms. The molecule has 5 heteroatoms. The van der Waals surface area contributed by atoms with Crippen LogP contribution in [0.15, 0.2) is 0 Å². The number of nitrogens with zero attached hydrogens (tertiary/aromatic N) is 1. The van der Waals surface area contributed by atoms with Gasteiger partial charge in [0.15, 0.2) is 0 Å². The summed E-state index contributed by atoms with van der Waals surface area (Å²) in [6.07, 6.45) is 5.73. The lowest BCUT2D eigenvalue weighted by atomic mass is 9.51. The van der Waals surface area contributed by atoms with Crippen LogP contribution in [-0.2, 0) is 9.59 Å². The van der Waals surface area contributed by atoms with Crippen molar-refractivity contribution >= 4 is 11.8 Å². The third-order valence-electron chi connectivity index (χ3n) is 7.73. The highest BCUT2D eigenvalue weighted by atomic mass is 16.3. The van der Waals surface area contributed by atoms with E-state index in [0.717, 1.165) is 51.6 Å². The molecule has 0 radical (unpaired) electrons. The van der Waals surface area contributed by atoms with Crippen molar-refractivity contribution in [3.63, 3.8) is 0 Å². The first kappa shape index (κ1) is 19.7. The molecule has 7 atom stereocenters. The van der Waals surface area contributed by atoms with Crippen molar-refractivity contribution in [2.24, 2.45) is 29.1 Å².